The van der Waals surface area contributed by atoms with Gasteiger partial charge in [-0.2, -0.15) is 0 Å². The standard InChI is InChI=1S/C18H14Cl2N2O3/c1-10-5-6-11-12(9-10)18(25)22(17(11)24)8-7-15(23)21-14-4-2-3-13(19)16(14)20/h2-6,9H,7-8H2,1H3,(H,21,23). The van der Waals surface area contributed by atoms with Gasteiger partial charge in [-0.15, -0.1) is 0 Å². The van der Waals surface area contributed by atoms with E-state index in [2.05, 4.69) is 5.32 Å². The smallest absolute Gasteiger partial charge is 0.261 e. The summed E-state index contributed by atoms with van der Waals surface area (Å²) in [7, 11) is 0. The average Bonchev–Trinajstić information content (AvgIpc) is 2.80. The molecule has 1 aliphatic heterocycles. The third kappa shape index (κ3) is 3.38. The van der Waals surface area contributed by atoms with Gasteiger partial charge in [-0.1, -0.05) is 40.9 Å². The molecule has 1 heterocycles. The van der Waals surface area contributed by atoms with Crippen LogP contribution in [0.5, 0.6) is 0 Å². The zero-order chi connectivity index (χ0) is 18.1. The number of carbonyl (C=O) groups excluding carboxylic acids is 3. The van der Waals surface area contributed by atoms with Gasteiger partial charge in [0, 0.05) is 13.0 Å². The molecule has 0 fully saturated rings. The molecule has 0 unspecified atom stereocenters. The van der Waals surface area contributed by atoms with Crippen molar-refractivity contribution in [2.75, 3.05) is 11.9 Å². The Morgan fingerprint density at radius 2 is 1.80 bits per heavy atom. The molecular weight excluding hydrogens is 363 g/mol. The summed E-state index contributed by atoms with van der Waals surface area (Å²) in [5.41, 5.74) is 2.03. The molecule has 3 amide bonds. The van der Waals surface area contributed by atoms with E-state index in [4.69, 9.17) is 23.2 Å². The minimum atomic E-state index is -0.381. The fourth-order valence-corrected chi connectivity index (χ4v) is 2.98. The van der Waals surface area contributed by atoms with E-state index in [-0.39, 0.29) is 35.7 Å². The first-order valence-corrected chi connectivity index (χ1v) is 8.35. The molecule has 2 aromatic rings. The van der Waals surface area contributed by atoms with Crippen LogP contribution in [0.1, 0.15) is 32.7 Å². The van der Waals surface area contributed by atoms with E-state index in [1.807, 2.05) is 6.92 Å². The number of amides is 3. The van der Waals surface area contributed by atoms with Gasteiger partial charge in [-0.3, -0.25) is 19.3 Å². The van der Waals surface area contributed by atoms with Gasteiger partial charge in [0.1, 0.15) is 0 Å². The maximum atomic E-state index is 12.4. The number of carbonyl (C=O) groups is 3. The molecular formula is C18H14Cl2N2O3. The van der Waals surface area contributed by atoms with Crippen molar-refractivity contribution in [3.05, 3.63) is 63.1 Å². The highest BCUT2D eigenvalue weighted by Gasteiger charge is 2.35. The average molecular weight is 377 g/mol. The second-order valence-corrected chi connectivity index (χ2v) is 6.50. The number of anilines is 1. The van der Waals surface area contributed by atoms with Gasteiger partial charge in [0.25, 0.3) is 11.8 Å². The van der Waals surface area contributed by atoms with Crippen molar-refractivity contribution in [1.29, 1.82) is 0 Å². The number of nitrogens with one attached hydrogen (secondary N) is 1. The first-order chi connectivity index (χ1) is 11.9. The molecule has 0 radical (unpaired) electrons. The van der Waals surface area contributed by atoms with Crippen molar-refractivity contribution in [2.24, 2.45) is 0 Å². The van der Waals surface area contributed by atoms with Crippen LogP contribution >= 0.6 is 23.2 Å². The monoisotopic (exact) mass is 376 g/mol. The van der Waals surface area contributed by atoms with Crippen LogP contribution in [0.2, 0.25) is 10.0 Å². The van der Waals surface area contributed by atoms with Gasteiger partial charge >= 0.3 is 0 Å². The zero-order valence-corrected chi connectivity index (χ0v) is 14.8. The summed E-state index contributed by atoms with van der Waals surface area (Å²) in [6, 6.07) is 9.99. The van der Waals surface area contributed by atoms with Gasteiger partial charge in [0.2, 0.25) is 5.91 Å². The maximum Gasteiger partial charge on any atom is 0.261 e. The first-order valence-electron chi connectivity index (χ1n) is 7.59. The second-order valence-electron chi connectivity index (χ2n) is 5.71. The SMILES string of the molecule is Cc1ccc2c(c1)C(=O)N(CCC(=O)Nc1cccc(Cl)c1Cl)C2=O. The molecule has 25 heavy (non-hydrogen) atoms. The minimum absolute atomic E-state index is 0.00455. The topological polar surface area (TPSA) is 66.5 Å². The quantitative estimate of drug-likeness (QED) is 0.822. The molecule has 0 bridgehead atoms. The molecule has 0 saturated carbocycles. The van der Waals surface area contributed by atoms with Crippen LogP contribution < -0.4 is 5.32 Å². The third-order valence-corrected chi connectivity index (χ3v) is 4.73. The van der Waals surface area contributed by atoms with E-state index >= 15 is 0 Å². The summed E-state index contributed by atoms with van der Waals surface area (Å²) >= 11 is 11.9. The van der Waals surface area contributed by atoms with Crippen LogP contribution in [0, 0.1) is 6.92 Å². The third-order valence-electron chi connectivity index (χ3n) is 3.91. The number of nitrogens with zero attached hydrogens (tertiary/aromatic N) is 1. The van der Waals surface area contributed by atoms with Crippen molar-refractivity contribution in [3.63, 3.8) is 0 Å². The molecule has 1 aliphatic rings. The summed E-state index contributed by atoms with van der Waals surface area (Å²) in [5, 5.41) is 3.20. The lowest BCUT2D eigenvalue weighted by atomic mass is 10.1. The van der Waals surface area contributed by atoms with Gasteiger partial charge in [-0.05, 0) is 31.2 Å². The van der Waals surface area contributed by atoms with Crippen molar-refractivity contribution in [3.8, 4) is 0 Å². The number of benzene rings is 2. The maximum absolute atomic E-state index is 12.4. The van der Waals surface area contributed by atoms with Crippen molar-refractivity contribution in [1.82, 2.24) is 4.90 Å². The Bertz CT molecular complexity index is 896. The van der Waals surface area contributed by atoms with Crippen molar-refractivity contribution < 1.29 is 14.4 Å². The molecule has 0 aromatic heterocycles. The number of fused-ring (bicyclic) bond motifs is 1. The van der Waals surface area contributed by atoms with Crippen LogP contribution in [0.3, 0.4) is 0 Å². The molecule has 1 N–H and O–H groups in total. The van der Waals surface area contributed by atoms with Crippen molar-refractivity contribution >= 4 is 46.6 Å². The van der Waals surface area contributed by atoms with Crippen LogP contribution in [0.4, 0.5) is 5.69 Å². The molecule has 0 spiro atoms. The van der Waals surface area contributed by atoms with Gasteiger partial charge in [-0.25, -0.2) is 0 Å². The highest BCUT2D eigenvalue weighted by atomic mass is 35.5. The van der Waals surface area contributed by atoms with Gasteiger partial charge in [0.15, 0.2) is 0 Å². The Balaban J connectivity index is 1.66. The summed E-state index contributed by atoms with van der Waals surface area (Å²) in [6.07, 6.45) is -0.0344. The Labute approximate surface area is 154 Å². The van der Waals surface area contributed by atoms with E-state index in [0.29, 0.717) is 21.8 Å². The molecule has 0 atom stereocenters. The Morgan fingerprint density at radius 3 is 2.56 bits per heavy atom. The van der Waals surface area contributed by atoms with Crippen LogP contribution in [-0.4, -0.2) is 29.2 Å². The Morgan fingerprint density at radius 1 is 1.08 bits per heavy atom. The highest BCUT2D eigenvalue weighted by Crippen LogP contribution is 2.29. The van der Waals surface area contributed by atoms with Gasteiger partial charge < -0.3 is 5.32 Å². The van der Waals surface area contributed by atoms with Crippen LogP contribution in [0.15, 0.2) is 36.4 Å². The number of rotatable bonds is 4. The number of halogens is 2. The Hall–Kier alpha value is -2.37. The summed E-state index contributed by atoms with van der Waals surface area (Å²) in [6.45, 7) is 1.85. The van der Waals surface area contributed by atoms with E-state index < -0.39 is 0 Å². The van der Waals surface area contributed by atoms with E-state index in [1.165, 1.54) is 0 Å². The second kappa shape index (κ2) is 6.86. The molecule has 128 valence electrons. The highest BCUT2D eigenvalue weighted by molar-refractivity contribution is 6.44. The lowest BCUT2D eigenvalue weighted by molar-refractivity contribution is -0.116. The van der Waals surface area contributed by atoms with E-state index in [9.17, 15) is 14.4 Å². The normalized spacial score (nSPS) is 13.2. The van der Waals surface area contributed by atoms with Crippen molar-refractivity contribution in [2.45, 2.75) is 13.3 Å². The number of imide groups is 1. The molecule has 0 aliphatic carbocycles. The largest absolute Gasteiger partial charge is 0.325 e. The van der Waals surface area contributed by atoms with E-state index in [1.54, 1.807) is 36.4 Å². The summed E-state index contributed by atoms with van der Waals surface area (Å²) in [5.74, 6) is -1.12. The van der Waals surface area contributed by atoms with Gasteiger partial charge in [0.05, 0.1) is 26.9 Å². The zero-order valence-electron chi connectivity index (χ0n) is 13.3. The lowest BCUT2D eigenvalue weighted by Crippen LogP contribution is -2.32. The van der Waals surface area contributed by atoms with Crippen LogP contribution in [-0.2, 0) is 4.79 Å². The fraction of sp³-hybridized carbons (Fsp3) is 0.167. The number of hydrogen-bond donors (Lipinski definition) is 1. The van der Waals surface area contributed by atoms with Crippen LogP contribution in [0.25, 0.3) is 0 Å². The Kier molecular flexibility index (Phi) is 4.79. The molecule has 3 rings (SSSR count). The first kappa shape index (κ1) is 17.5. The molecule has 0 saturated heterocycles. The fourth-order valence-electron chi connectivity index (χ4n) is 2.63. The molecule has 2 aromatic carbocycles. The lowest BCUT2D eigenvalue weighted by Gasteiger charge is -2.14. The molecule has 7 heteroatoms. The predicted octanol–water partition coefficient (Wildman–Crippen LogP) is 3.93. The predicted molar refractivity (Wildman–Crippen MR) is 96.3 cm³/mol. The number of hydrogen-bond acceptors (Lipinski definition) is 3. The summed E-state index contributed by atoms with van der Waals surface area (Å²) in [4.78, 5) is 37.9. The minimum Gasteiger partial charge on any atom is -0.325 e. The molecule has 5 nitrogen and oxygen atoms in total. The number of aryl methyl sites for hydroxylation is 1. The summed E-state index contributed by atoms with van der Waals surface area (Å²) < 4.78 is 0. The van der Waals surface area contributed by atoms with E-state index in [0.717, 1.165) is 10.5 Å².